The van der Waals surface area contributed by atoms with Gasteiger partial charge >= 0.3 is 5.97 Å². The molecule has 1 atom stereocenters. The highest BCUT2D eigenvalue weighted by molar-refractivity contribution is 7.10. The van der Waals surface area contributed by atoms with Crippen molar-refractivity contribution in [3.63, 3.8) is 0 Å². The zero-order valence-corrected chi connectivity index (χ0v) is 18.2. The van der Waals surface area contributed by atoms with Crippen LogP contribution in [0.1, 0.15) is 52.9 Å². The molecule has 1 unspecified atom stereocenters. The molecule has 8 heteroatoms. The summed E-state index contributed by atoms with van der Waals surface area (Å²) in [4.78, 5) is 28.7. The van der Waals surface area contributed by atoms with Gasteiger partial charge in [0, 0.05) is 30.8 Å². The topological polar surface area (TPSA) is 83.0 Å². The number of anilines is 1. The van der Waals surface area contributed by atoms with E-state index < -0.39 is 6.10 Å². The van der Waals surface area contributed by atoms with Crippen LogP contribution < -0.4 is 4.90 Å². The number of likely N-dealkylation sites (tertiary alicyclic amines) is 1. The average Bonchev–Trinajstić information content (AvgIpc) is 3.40. The van der Waals surface area contributed by atoms with Crippen molar-refractivity contribution in [1.82, 2.24) is 9.27 Å². The first-order valence-corrected chi connectivity index (χ1v) is 11.2. The summed E-state index contributed by atoms with van der Waals surface area (Å²) < 4.78 is 9.22. The Hall–Kier alpha value is -2.29. The molecule has 1 N–H and O–H groups in total. The molecular formula is C22H27N3O4S. The van der Waals surface area contributed by atoms with Crippen molar-refractivity contribution in [3.05, 3.63) is 46.6 Å². The second-order valence-electron chi connectivity index (χ2n) is 7.91. The molecule has 1 amide bonds. The van der Waals surface area contributed by atoms with E-state index >= 15 is 0 Å². The quantitative estimate of drug-likeness (QED) is 0.711. The minimum atomic E-state index is -0.636. The zero-order valence-electron chi connectivity index (χ0n) is 17.3. The van der Waals surface area contributed by atoms with Gasteiger partial charge in [0.1, 0.15) is 11.6 Å². The van der Waals surface area contributed by atoms with Crippen molar-refractivity contribution < 1.29 is 19.4 Å². The fourth-order valence-electron chi connectivity index (χ4n) is 4.42. The number of esters is 1. The Bertz CT molecular complexity index is 923. The first kappa shape index (κ1) is 21.0. The van der Waals surface area contributed by atoms with Gasteiger partial charge in [-0.1, -0.05) is 6.07 Å². The van der Waals surface area contributed by atoms with Crippen molar-refractivity contribution >= 4 is 28.4 Å². The Morgan fingerprint density at radius 2 is 2.13 bits per heavy atom. The molecule has 160 valence electrons. The van der Waals surface area contributed by atoms with Gasteiger partial charge in [0.05, 0.1) is 11.7 Å². The molecule has 0 bridgehead atoms. The summed E-state index contributed by atoms with van der Waals surface area (Å²) in [6.07, 6.45) is 2.66. The molecule has 2 aromatic rings. The number of nitrogens with zero attached hydrogens (tertiary/aromatic N) is 3. The van der Waals surface area contributed by atoms with E-state index in [1.807, 2.05) is 30.9 Å². The maximum Gasteiger partial charge on any atom is 0.338 e. The molecule has 1 fully saturated rings. The first-order valence-electron chi connectivity index (χ1n) is 10.4. The second-order valence-corrected chi connectivity index (χ2v) is 8.72. The van der Waals surface area contributed by atoms with Crippen molar-refractivity contribution in [2.75, 3.05) is 31.1 Å². The molecule has 0 saturated carbocycles. The van der Waals surface area contributed by atoms with Gasteiger partial charge in [0.25, 0.3) is 0 Å². The third-order valence-electron chi connectivity index (χ3n) is 6.21. The lowest BCUT2D eigenvalue weighted by atomic mass is 9.93. The molecule has 1 aromatic carbocycles. The average molecular weight is 430 g/mol. The van der Waals surface area contributed by atoms with Crippen LogP contribution in [-0.4, -0.2) is 52.4 Å². The largest absolute Gasteiger partial charge is 0.457 e. The van der Waals surface area contributed by atoms with E-state index in [0.717, 1.165) is 47.6 Å². The van der Waals surface area contributed by atoms with E-state index in [4.69, 9.17) is 4.74 Å². The van der Waals surface area contributed by atoms with Crippen molar-refractivity contribution in [2.24, 2.45) is 5.92 Å². The zero-order chi connectivity index (χ0) is 21.3. The summed E-state index contributed by atoms with van der Waals surface area (Å²) in [5, 5.41) is 11.7. The van der Waals surface area contributed by atoms with Crippen LogP contribution in [0.2, 0.25) is 0 Å². The van der Waals surface area contributed by atoms with Gasteiger partial charge in [-0.15, -0.1) is 0 Å². The maximum atomic E-state index is 13.0. The smallest absolute Gasteiger partial charge is 0.338 e. The number of benzene rings is 1. The summed E-state index contributed by atoms with van der Waals surface area (Å²) in [5.41, 5.74) is 3.25. The molecule has 0 spiro atoms. The third-order valence-corrected chi connectivity index (χ3v) is 6.98. The molecule has 3 heterocycles. The highest BCUT2D eigenvalue weighted by Crippen LogP contribution is 2.31. The summed E-state index contributed by atoms with van der Waals surface area (Å²) in [5.74, 6) is -0.119. The van der Waals surface area contributed by atoms with E-state index in [-0.39, 0.29) is 24.4 Å². The molecule has 30 heavy (non-hydrogen) atoms. The molecule has 4 rings (SSSR count). The number of fused-ring (bicyclic) bond motifs is 1. The SMILES string of the molecule is CCN(C(=O)C1CCN(CC(O)c2ccc3c(c2C)COC3=O)CC1)c1ccns1. The Balaban J connectivity index is 1.35. The summed E-state index contributed by atoms with van der Waals surface area (Å²) in [6.45, 7) is 6.91. The highest BCUT2D eigenvalue weighted by Gasteiger charge is 2.31. The standard InChI is InChI=1S/C22H27N3O4S/c1-3-25(20-6-9-23-30-20)21(27)15-7-10-24(11-8-15)12-19(26)16-4-5-17-18(14(16)2)13-29-22(17)28/h4-6,9,15,19,26H,3,7-8,10-13H2,1-2H3. The minimum absolute atomic E-state index is 0.00494. The van der Waals surface area contributed by atoms with Crippen LogP contribution in [0.5, 0.6) is 0 Å². The lowest BCUT2D eigenvalue weighted by Gasteiger charge is -2.34. The number of β-amino-alcohol motifs (C(OH)–C–C–N with tert-alkyl or cyclic N) is 1. The number of hydrogen-bond donors (Lipinski definition) is 1. The number of ether oxygens (including phenoxy) is 1. The number of cyclic esters (lactones) is 1. The van der Waals surface area contributed by atoms with Crippen LogP contribution in [0.3, 0.4) is 0 Å². The fraction of sp³-hybridized carbons (Fsp3) is 0.500. The molecular weight excluding hydrogens is 402 g/mol. The summed E-state index contributed by atoms with van der Waals surface area (Å²) in [6, 6.07) is 5.46. The minimum Gasteiger partial charge on any atom is -0.457 e. The van der Waals surface area contributed by atoms with Crippen molar-refractivity contribution in [2.45, 2.75) is 39.4 Å². The van der Waals surface area contributed by atoms with Crippen LogP contribution in [-0.2, 0) is 16.1 Å². The molecule has 2 aliphatic rings. The van der Waals surface area contributed by atoms with E-state index in [2.05, 4.69) is 9.27 Å². The van der Waals surface area contributed by atoms with Gasteiger partial charge in [0.15, 0.2) is 0 Å². The van der Waals surface area contributed by atoms with Crippen LogP contribution in [0.15, 0.2) is 24.4 Å². The van der Waals surface area contributed by atoms with Crippen molar-refractivity contribution in [1.29, 1.82) is 0 Å². The molecule has 1 aromatic heterocycles. The van der Waals surface area contributed by atoms with E-state index in [0.29, 0.717) is 18.7 Å². The fourth-order valence-corrected chi connectivity index (χ4v) is 5.09. The number of aliphatic hydroxyl groups excluding tert-OH is 1. The Morgan fingerprint density at radius 3 is 2.80 bits per heavy atom. The van der Waals surface area contributed by atoms with Gasteiger partial charge in [-0.05, 0) is 74.6 Å². The summed E-state index contributed by atoms with van der Waals surface area (Å²) in [7, 11) is 0. The van der Waals surface area contributed by atoms with E-state index in [1.165, 1.54) is 11.5 Å². The van der Waals surface area contributed by atoms with Crippen LogP contribution in [0, 0.1) is 12.8 Å². The molecule has 7 nitrogen and oxygen atoms in total. The van der Waals surface area contributed by atoms with Crippen LogP contribution in [0.25, 0.3) is 0 Å². The molecule has 0 aliphatic carbocycles. The molecule has 2 aliphatic heterocycles. The number of carbonyl (C=O) groups is 2. The number of rotatable bonds is 6. The Morgan fingerprint density at radius 1 is 1.37 bits per heavy atom. The van der Waals surface area contributed by atoms with Gasteiger partial charge < -0.3 is 19.6 Å². The van der Waals surface area contributed by atoms with Gasteiger partial charge in [0.2, 0.25) is 5.91 Å². The Kier molecular flexibility index (Phi) is 6.17. The normalized spacial score (nSPS) is 18.2. The summed E-state index contributed by atoms with van der Waals surface area (Å²) >= 11 is 1.35. The number of piperidine rings is 1. The first-order chi connectivity index (χ1) is 14.5. The predicted molar refractivity (Wildman–Crippen MR) is 115 cm³/mol. The third kappa shape index (κ3) is 3.99. The van der Waals surface area contributed by atoms with Crippen LogP contribution in [0.4, 0.5) is 5.00 Å². The lowest BCUT2D eigenvalue weighted by Crippen LogP contribution is -2.43. The maximum absolute atomic E-state index is 13.0. The predicted octanol–water partition coefficient (Wildman–Crippen LogP) is 2.92. The molecule has 1 saturated heterocycles. The van der Waals surface area contributed by atoms with E-state index in [1.54, 1.807) is 12.3 Å². The van der Waals surface area contributed by atoms with Gasteiger partial charge in [-0.25, -0.2) is 4.79 Å². The number of carbonyl (C=O) groups excluding carboxylic acids is 2. The number of hydrogen-bond acceptors (Lipinski definition) is 7. The van der Waals surface area contributed by atoms with Crippen molar-refractivity contribution in [3.8, 4) is 0 Å². The number of amides is 1. The van der Waals surface area contributed by atoms with Crippen LogP contribution >= 0.6 is 11.5 Å². The monoisotopic (exact) mass is 429 g/mol. The Labute approximate surface area is 180 Å². The van der Waals surface area contributed by atoms with E-state index in [9.17, 15) is 14.7 Å². The second kappa shape index (κ2) is 8.83. The number of aliphatic hydroxyl groups is 1. The highest BCUT2D eigenvalue weighted by atomic mass is 32.1. The van der Waals surface area contributed by atoms with Gasteiger partial charge in [-0.2, -0.15) is 4.37 Å². The lowest BCUT2D eigenvalue weighted by molar-refractivity contribution is -0.123. The number of aromatic nitrogens is 1. The van der Waals surface area contributed by atoms with Gasteiger partial charge in [-0.3, -0.25) is 4.79 Å². The molecule has 0 radical (unpaired) electrons.